The van der Waals surface area contributed by atoms with Crippen LogP contribution in [0.3, 0.4) is 0 Å². The molecule has 0 aromatic heterocycles. The van der Waals surface area contributed by atoms with E-state index in [9.17, 15) is 9.18 Å². The van der Waals surface area contributed by atoms with Crippen LogP contribution in [0.25, 0.3) is 0 Å². The number of hydrogen-bond donors (Lipinski definition) is 2. The third-order valence-electron chi connectivity index (χ3n) is 1.57. The maximum atomic E-state index is 12.7. The van der Waals surface area contributed by atoms with E-state index in [0.717, 1.165) is 0 Å². The van der Waals surface area contributed by atoms with Crippen molar-refractivity contribution in [3.63, 3.8) is 0 Å². The number of carbonyl (C=O) groups is 1. The Morgan fingerprint density at radius 3 is 2.86 bits per heavy atom. The molecule has 1 aromatic carbocycles. The van der Waals surface area contributed by atoms with Gasteiger partial charge in [-0.15, -0.1) is 0 Å². The topological polar surface area (TPSA) is 55.1 Å². The van der Waals surface area contributed by atoms with Gasteiger partial charge in [0.1, 0.15) is 5.82 Å². The average molecular weight is 217 g/mol. The van der Waals surface area contributed by atoms with Crippen molar-refractivity contribution >= 4 is 23.2 Å². The molecular formula is C9H10ClFN2O. The number of hydrogen-bond acceptors (Lipinski definition) is 2. The summed E-state index contributed by atoms with van der Waals surface area (Å²) in [6.45, 7) is 0.279. The van der Waals surface area contributed by atoms with E-state index < -0.39 is 5.82 Å². The van der Waals surface area contributed by atoms with Crippen molar-refractivity contribution in [2.75, 3.05) is 11.9 Å². The van der Waals surface area contributed by atoms with E-state index in [1.54, 1.807) is 0 Å². The Morgan fingerprint density at radius 2 is 2.29 bits per heavy atom. The fourth-order valence-electron chi connectivity index (χ4n) is 0.928. The third-order valence-corrected chi connectivity index (χ3v) is 1.86. The molecule has 0 saturated carbocycles. The molecule has 0 atom stereocenters. The second-order valence-corrected chi connectivity index (χ2v) is 3.12. The summed E-state index contributed by atoms with van der Waals surface area (Å²) in [5, 5.41) is 2.52. The molecule has 0 bridgehead atoms. The Kier molecular flexibility index (Phi) is 3.85. The summed E-state index contributed by atoms with van der Waals surface area (Å²) >= 11 is 5.52. The number of nitrogens with two attached hydrogens (primary N) is 1. The van der Waals surface area contributed by atoms with Gasteiger partial charge in [-0.1, -0.05) is 11.6 Å². The van der Waals surface area contributed by atoms with Crippen LogP contribution in [0.2, 0.25) is 5.02 Å². The van der Waals surface area contributed by atoms with Gasteiger partial charge >= 0.3 is 0 Å². The van der Waals surface area contributed by atoms with Gasteiger partial charge in [-0.3, -0.25) is 4.79 Å². The lowest BCUT2D eigenvalue weighted by Gasteiger charge is -2.04. The Balaban J connectivity index is 2.68. The molecule has 0 unspecified atom stereocenters. The molecular weight excluding hydrogens is 207 g/mol. The monoisotopic (exact) mass is 216 g/mol. The number of carbonyl (C=O) groups excluding carboxylic acids is 1. The van der Waals surface area contributed by atoms with Gasteiger partial charge in [0.05, 0.1) is 5.02 Å². The number of rotatable bonds is 3. The summed E-state index contributed by atoms with van der Waals surface area (Å²) in [5.41, 5.74) is 5.66. The molecule has 0 fully saturated rings. The van der Waals surface area contributed by atoms with E-state index in [-0.39, 0.29) is 23.9 Å². The molecule has 1 amide bonds. The van der Waals surface area contributed by atoms with E-state index in [4.69, 9.17) is 17.3 Å². The number of amides is 1. The Morgan fingerprint density at radius 1 is 1.57 bits per heavy atom. The number of halogens is 2. The molecule has 76 valence electrons. The van der Waals surface area contributed by atoms with Gasteiger partial charge in [0.2, 0.25) is 5.91 Å². The predicted octanol–water partition coefficient (Wildman–Crippen LogP) is 1.77. The quantitative estimate of drug-likeness (QED) is 0.809. The van der Waals surface area contributed by atoms with E-state index in [2.05, 4.69) is 5.32 Å². The van der Waals surface area contributed by atoms with Crippen LogP contribution in [0.5, 0.6) is 0 Å². The van der Waals surface area contributed by atoms with Crippen LogP contribution in [-0.2, 0) is 4.79 Å². The zero-order valence-electron chi connectivity index (χ0n) is 7.39. The fraction of sp³-hybridized carbons (Fsp3) is 0.222. The second-order valence-electron chi connectivity index (χ2n) is 2.72. The van der Waals surface area contributed by atoms with Gasteiger partial charge in [-0.25, -0.2) is 4.39 Å². The lowest BCUT2D eigenvalue weighted by molar-refractivity contribution is -0.116. The highest BCUT2D eigenvalue weighted by Gasteiger charge is 2.03. The smallest absolute Gasteiger partial charge is 0.225 e. The minimum atomic E-state index is -0.511. The molecule has 3 N–H and O–H groups in total. The summed E-state index contributed by atoms with van der Waals surface area (Å²) in [5.74, 6) is -0.723. The minimum Gasteiger partial charge on any atom is -0.330 e. The highest BCUT2D eigenvalue weighted by Crippen LogP contribution is 2.19. The van der Waals surface area contributed by atoms with Crippen LogP contribution >= 0.6 is 11.6 Å². The molecule has 0 aliphatic carbocycles. The molecule has 0 saturated heterocycles. The molecule has 0 aliphatic heterocycles. The van der Waals surface area contributed by atoms with Crippen molar-refractivity contribution in [1.82, 2.24) is 0 Å². The lowest BCUT2D eigenvalue weighted by atomic mass is 10.3. The standard InChI is InChI=1S/C9H10ClFN2O/c10-7-5-6(1-2-8(7)11)13-9(14)3-4-12/h1-2,5H,3-4,12H2,(H,13,14). The minimum absolute atomic E-state index is 0.0180. The van der Waals surface area contributed by atoms with Crippen molar-refractivity contribution in [1.29, 1.82) is 0 Å². The Hall–Kier alpha value is -1.13. The van der Waals surface area contributed by atoms with Crippen LogP contribution in [0.1, 0.15) is 6.42 Å². The number of benzene rings is 1. The van der Waals surface area contributed by atoms with Crippen molar-refractivity contribution in [2.45, 2.75) is 6.42 Å². The highest BCUT2D eigenvalue weighted by molar-refractivity contribution is 6.31. The van der Waals surface area contributed by atoms with E-state index in [1.807, 2.05) is 0 Å². The highest BCUT2D eigenvalue weighted by atomic mass is 35.5. The largest absolute Gasteiger partial charge is 0.330 e. The molecule has 1 aromatic rings. The first kappa shape index (κ1) is 10.9. The first-order chi connectivity index (χ1) is 6.63. The number of nitrogens with one attached hydrogen (secondary N) is 1. The third kappa shape index (κ3) is 2.97. The zero-order chi connectivity index (χ0) is 10.6. The normalized spacial score (nSPS) is 9.93. The van der Waals surface area contributed by atoms with E-state index in [0.29, 0.717) is 5.69 Å². The Labute approximate surface area is 86.0 Å². The second kappa shape index (κ2) is 4.93. The summed E-state index contributed by atoms with van der Waals surface area (Å²) in [7, 11) is 0. The Bertz CT molecular complexity index is 344. The molecule has 3 nitrogen and oxygen atoms in total. The van der Waals surface area contributed by atoms with Gasteiger partial charge < -0.3 is 11.1 Å². The van der Waals surface area contributed by atoms with Gasteiger partial charge in [-0.05, 0) is 18.2 Å². The predicted molar refractivity (Wildman–Crippen MR) is 53.7 cm³/mol. The SMILES string of the molecule is NCCC(=O)Nc1ccc(F)c(Cl)c1. The molecule has 0 aliphatic rings. The van der Waals surface area contributed by atoms with Gasteiger partial charge in [-0.2, -0.15) is 0 Å². The average Bonchev–Trinajstić information content (AvgIpc) is 2.12. The molecule has 0 spiro atoms. The van der Waals surface area contributed by atoms with Gasteiger partial charge in [0.15, 0.2) is 0 Å². The molecule has 1 rings (SSSR count). The fourth-order valence-corrected chi connectivity index (χ4v) is 1.11. The van der Waals surface area contributed by atoms with Crippen molar-refractivity contribution in [2.24, 2.45) is 5.73 Å². The van der Waals surface area contributed by atoms with E-state index in [1.165, 1.54) is 18.2 Å². The summed E-state index contributed by atoms with van der Waals surface area (Å²) in [4.78, 5) is 11.1. The first-order valence-corrected chi connectivity index (χ1v) is 4.46. The van der Waals surface area contributed by atoms with E-state index >= 15 is 0 Å². The van der Waals surface area contributed by atoms with Crippen LogP contribution < -0.4 is 11.1 Å². The maximum absolute atomic E-state index is 12.7. The van der Waals surface area contributed by atoms with Gasteiger partial charge in [0, 0.05) is 18.7 Å². The zero-order valence-corrected chi connectivity index (χ0v) is 8.14. The van der Waals surface area contributed by atoms with Crippen LogP contribution in [-0.4, -0.2) is 12.5 Å². The molecule has 0 radical (unpaired) electrons. The van der Waals surface area contributed by atoms with Crippen LogP contribution in [0.4, 0.5) is 10.1 Å². The summed E-state index contributed by atoms with van der Waals surface area (Å²) in [6, 6.07) is 3.99. The molecule has 14 heavy (non-hydrogen) atoms. The number of anilines is 1. The van der Waals surface area contributed by atoms with Crippen molar-refractivity contribution in [3.8, 4) is 0 Å². The van der Waals surface area contributed by atoms with Gasteiger partial charge in [0.25, 0.3) is 0 Å². The first-order valence-electron chi connectivity index (χ1n) is 4.08. The van der Waals surface area contributed by atoms with Crippen molar-refractivity contribution in [3.05, 3.63) is 29.0 Å². The molecule has 5 heteroatoms. The maximum Gasteiger partial charge on any atom is 0.225 e. The van der Waals surface area contributed by atoms with Crippen molar-refractivity contribution < 1.29 is 9.18 Å². The molecule has 0 heterocycles. The summed E-state index contributed by atoms with van der Waals surface area (Å²) < 4.78 is 12.7. The lowest BCUT2D eigenvalue weighted by Crippen LogP contribution is -2.16. The van der Waals surface area contributed by atoms with Crippen LogP contribution in [0, 0.1) is 5.82 Å². The van der Waals surface area contributed by atoms with Crippen LogP contribution in [0.15, 0.2) is 18.2 Å². The summed E-state index contributed by atoms with van der Waals surface area (Å²) in [6.07, 6.45) is 0.231.